The summed E-state index contributed by atoms with van der Waals surface area (Å²) in [7, 11) is 0. The number of carbonyl (C=O) groups excluding carboxylic acids is 2. The molecule has 0 heterocycles. The third-order valence-electron chi connectivity index (χ3n) is 14.8. The molecule has 5 rings (SSSR count). The standard InChI is InChI=1S/C63H90O6/c1-5-9-13-15-16-20-45-66-59-40-38-56(39-41-59)63(65)69-61-43-34-53(30-27-52-25-23-50(24-26-52)21-17-11-7-3)48-58(61)37-36-57-47-54(35-44-62(64)67-46-19-14-10-6-2)33-42-60(57)68-49-55-31-28-51(29-32-55)22-18-12-8-4/h33-35,38-44,47-48,50-52,55H,5-32,45-46,49H2,1-4H3/b44-35+. The summed E-state index contributed by atoms with van der Waals surface area (Å²) in [5.41, 5.74) is 3.89. The summed E-state index contributed by atoms with van der Waals surface area (Å²) in [6.45, 7) is 10.7. The Bertz CT molecular complexity index is 1990. The summed E-state index contributed by atoms with van der Waals surface area (Å²) < 4.78 is 24.3. The molecule has 0 atom stereocenters. The Balaban J connectivity index is 1.34. The molecule has 6 nitrogen and oxygen atoms in total. The second-order valence-corrected chi connectivity index (χ2v) is 20.5. The van der Waals surface area contributed by atoms with Crippen LogP contribution in [0.4, 0.5) is 0 Å². The van der Waals surface area contributed by atoms with Crippen LogP contribution >= 0.6 is 0 Å². The number of benzene rings is 3. The van der Waals surface area contributed by atoms with Crippen molar-refractivity contribution in [1.29, 1.82) is 0 Å². The van der Waals surface area contributed by atoms with Crippen LogP contribution in [0.3, 0.4) is 0 Å². The van der Waals surface area contributed by atoms with Crippen molar-refractivity contribution in [2.45, 2.75) is 207 Å². The van der Waals surface area contributed by atoms with E-state index in [1.54, 1.807) is 18.2 Å². The topological polar surface area (TPSA) is 71.1 Å². The van der Waals surface area contributed by atoms with Gasteiger partial charge in [0.05, 0.1) is 36.5 Å². The van der Waals surface area contributed by atoms with Gasteiger partial charge in [-0.3, -0.25) is 0 Å². The normalized spacial score (nSPS) is 18.1. The van der Waals surface area contributed by atoms with Crippen LogP contribution in [0.25, 0.3) is 6.08 Å². The zero-order valence-electron chi connectivity index (χ0n) is 43.6. The highest BCUT2D eigenvalue weighted by atomic mass is 16.5. The molecule has 3 aromatic carbocycles. The Hall–Kier alpha value is -4.50. The Labute approximate surface area is 419 Å². The fourth-order valence-electron chi connectivity index (χ4n) is 10.2. The number of hydrogen-bond donors (Lipinski definition) is 0. The van der Waals surface area contributed by atoms with Crippen LogP contribution in [0.5, 0.6) is 17.2 Å². The van der Waals surface area contributed by atoms with E-state index in [0.29, 0.717) is 42.6 Å². The van der Waals surface area contributed by atoms with Crippen molar-refractivity contribution in [1.82, 2.24) is 0 Å². The monoisotopic (exact) mass is 943 g/mol. The van der Waals surface area contributed by atoms with E-state index in [0.717, 1.165) is 85.3 Å². The van der Waals surface area contributed by atoms with Gasteiger partial charge in [-0.1, -0.05) is 193 Å². The van der Waals surface area contributed by atoms with Crippen LogP contribution in [-0.2, 0) is 16.0 Å². The zero-order chi connectivity index (χ0) is 48.7. The molecule has 0 N–H and O–H groups in total. The maximum atomic E-state index is 13.7. The molecular formula is C63H90O6. The molecule has 2 aliphatic rings. The summed E-state index contributed by atoms with van der Waals surface area (Å²) in [6.07, 6.45) is 37.8. The smallest absolute Gasteiger partial charge is 0.343 e. The maximum Gasteiger partial charge on any atom is 0.343 e. The van der Waals surface area contributed by atoms with Crippen LogP contribution in [0.1, 0.15) is 234 Å². The lowest BCUT2D eigenvalue weighted by Gasteiger charge is -2.28. The van der Waals surface area contributed by atoms with E-state index < -0.39 is 5.97 Å². The first kappa shape index (κ1) is 55.4. The van der Waals surface area contributed by atoms with Crippen LogP contribution < -0.4 is 14.2 Å². The fourth-order valence-corrected chi connectivity index (χ4v) is 10.2. The van der Waals surface area contributed by atoms with Gasteiger partial charge in [0.2, 0.25) is 0 Å². The van der Waals surface area contributed by atoms with Gasteiger partial charge in [-0.05, 0) is 128 Å². The SMILES string of the molecule is CCCCCCCCOc1ccc(C(=O)Oc2ccc(CCC3CCC(CCCCC)CC3)cc2C#Cc2cc(/C=C/C(=O)OCCCCCC)ccc2OCC2CCC(CCCCC)CC2)cc1. The van der Waals surface area contributed by atoms with Gasteiger partial charge in [-0.25, -0.2) is 9.59 Å². The van der Waals surface area contributed by atoms with Crippen molar-refractivity contribution in [3.63, 3.8) is 0 Å². The molecule has 0 unspecified atom stereocenters. The maximum absolute atomic E-state index is 13.7. The molecule has 3 aromatic rings. The van der Waals surface area contributed by atoms with Crippen LogP contribution in [0.15, 0.2) is 66.7 Å². The Morgan fingerprint density at radius 2 is 1.07 bits per heavy atom. The summed E-state index contributed by atoms with van der Waals surface area (Å²) >= 11 is 0. The molecular weight excluding hydrogens is 853 g/mol. The summed E-state index contributed by atoms with van der Waals surface area (Å²) in [5, 5.41) is 0. The zero-order valence-corrected chi connectivity index (χ0v) is 43.6. The average molecular weight is 943 g/mol. The molecule has 2 fully saturated rings. The van der Waals surface area contributed by atoms with E-state index in [9.17, 15) is 9.59 Å². The summed E-state index contributed by atoms with van der Waals surface area (Å²) in [4.78, 5) is 26.4. The minimum Gasteiger partial charge on any atom is -0.494 e. The molecule has 6 heteroatoms. The van der Waals surface area contributed by atoms with Crippen molar-refractivity contribution in [3.8, 4) is 29.1 Å². The second kappa shape index (κ2) is 33.2. The molecule has 2 aliphatic carbocycles. The molecule has 0 spiro atoms. The largest absolute Gasteiger partial charge is 0.494 e. The van der Waals surface area contributed by atoms with Crippen LogP contribution in [-0.4, -0.2) is 31.8 Å². The quantitative estimate of drug-likeness (QED) is 0.0210. The molecule has 0 radical (unpaired) electrons. The number of carbonyl (C=O) groups is 2. The predicted octanol–water partition coefficient (Wildman–Crippen LogP) is 17.3. The second-order valence-electron chi connectivity index (χ2n) is 20.5. The molecule has 0 bridgehead atoms. The van der Waals surface area contributed by atoms with E-state index in [-0.39, 0.29) is 5.97 Å². The van der Waals surface area contributed by atoms with Gasteiger partial charge in [0, 0.05) is 6.08 Å². The van der Waals surface area contributed by atoms with E-state index in [1.807, 2.05) is 36.4 Å². The summed E-state index contributed by atoms with van der Waals surface area (Å²) in [5.74, 6) is 11.0. The van der Waals surface area contributed by atoms with E-state index in [2.05, 4.69) is 51.7 Å². The lowest BCUT2D eigenvalue weighted by atomic mass is 9.77. The number of ether oxygens (including phenoxy) is 4. The van der Waals surface area contributed by atoms with Gasteiger partial charge in [-0.15, -0.1) is 0 Å². The third-order valence-corrected chi connectivity index (χ3v) is 14.8. The van der Waals surface area contributed by atoms with Crippen LogP contribution in [0.2, 0.25) is 0 Å². The predicted molar refractivity (Wildman–Crippen MR) is 286 cm³/mol. The Morgan fingerprint density at radius 1 is 0.536 bits per heavy atom. The number of rotatable bonds is 31. The first-order chi connectivity index (χ1) is 33.9. The molecule has 0 saturated heterocycles. The third kappa shape index (κ3) is 21.6. The number of esters is 2. The first-order valence-electron chi connectivity index (χ1n) is 28.1. The number of hydrogen-bond acceptors (Lipinski definition) is 6. The van der Waals surface area contributed by atoms with Crippen molar-refractivity contribution in [3.05, 3.63) is 94.6 Å². The molecule has 378 valence electrons. The minimum absolute atomic E-state index is 0.344. The Kier molecular flexibility index (Phi) is 26.6. The van der Waals surface area contributed by atoms with E-state index in [1.165, 1.54) is 146 Å². The highest BCUT2D eigenvalue weighted by Crippen LogP contribution is 2.36. The van der Waals surface area contributed by atoms with Crippen molar-refractivity contribution in [2.75, 3.05) is 19.8 Å². The van der Waals surface area contributed by atoms with E-state index >= 15 is 0 Å². The highest BCUT2D eigenvalue weighted by molar-refractivity contribution is 5.91. The first-order valence-corrected chi connectivity index (χ1v) is 28.1. The van der Waals surface area contributed by atoms with Gasteiger partial charge >= 0.3 is 11.9 Å². The molecule has 0 aliphatic heterocycles. The fraction of sp³-hybridized carbons (Fsp3) is 0.619. The van der Waals surface area contributed by atoms with Gasteiger partial charge in [0.15, 0.2) is 0 Å². The number of unbranched alkanes of at least 4 members (excludes halogenated alkanes) is 12. The molecule has 0 aromatic heterocycles. The van der Waals surface area contributed by atoms with Gasteiger partial charge in [0.25, 0.3) is 0 Å². The van der Waals surface area contributed by atoms with Crippen molar-refractivity contribution < 1.29 is 28.5 Å². The van der Waals surface area contributed by atoms with Crippen LogP contribution in [0, 0.1) is 35.5 Å². The van der Waals surface area contributed by atoms with E-state index in [4.69, 9.17) is 18.9 Å². The van der Waals surface area contributed by atoms with Crippen molar-refractivity contribution in [2.24, 2.45) is 23.7 Å². The molecule has 0 amide bonds. The lowest BCUT2D eigenvalue weighted by Crippen LogP contribution is -2.20. The average Bonchev–Trinajstić information content (AvgIpc) is 3.37. The summed E-state index contributed by atoms with van der Waals surface area (Å²) in [6, 6.07) is 19.3. The molecule has 2 saturated carbocycles. The lowest BCUT2D eigenvalue weighted by molar-refractivity contribution is -0.137. The highest BCUT2D eigenvalue weighted by Gasteiger charge is 2.23. The van der Waals surface area contributed by atoms with Gasteiger partial charge in [-0.2, -0.15) is 0 Å². The minimum atomic E-state index is -0.433. The van der Waals surface area contributed by atoms with Gasteiger partial charge in [0.1, 0.15) is 17.2 Å². The Morgan fingerprint density at radius 3 is 1.72 bits per heavy atom. The number of aryl methyl sites for hydroxylation is 1. The van der Waals surface area contributed by atoms with Gasteiger partial charge < -0.3 is 18.9 Å². The van der Waals surface area contributed by atoms with Crippen molar-refractivity contribution >= 4 is 18.0 Å². The molecule has 69 heavy (non-hydrogen) atoms.